The Hall–Kier alpha value is -2.94. The van der Waals surface area contributed by atoms with Gasteiger partial charge in [0.05, 0.1) is 5.75 Å². The summed E-state index contributed by atoms with van der Waals surface area (Å²) in [7, 11) is -3.41. The van der Waals surface area contributed by atoms with Crippen LogP contribution in [0.4, 0.5) is 0 Å². The highest BCUT2D eigenvalue weighted by molar-refractivity contribution is 7.89. The Balaban J connectivity index is 1.28. The van der Waals surface area contributed by atoms with Gasteiger partial charge in [0.25, 0.3) is 5.91 Å². The van der Waals surface area contributed by atoms with Crippen LogP contribution in [0.25, 0.3) is 11.1 Å². The maximum atomic E-state index is 13.6. The number of guanidine groups is 1. The summed E-state index contributed by atoms with van der Waals surface area (Å²) < 4.78 is 27.5. The van der Waals surface area contributed by atoms with Gasteiger partial charge < -0.3 is 5.73 Å². The molecule has 194 valence electrons. The lowest BCUT2D eigenvalue weighted by Crippen LogP contribution is -2.45. The second-order valence-corrected chi connectivity index (χ2v) is 12.5. The van der Waals surface area contributed by atoms with E-state index in [-0.39, 0.29) is 23.5 Å². The Labute approximate surface area is 223 Å². The zero-order chi connectivity index (χ0) is 26.2. The average molecular weight is 539 g/mol. The summed E-state index contributed by atoms with van der Waals surface area (Å²) in [5.74, 6) is -0.0289. The summed E-state index contributed by atoms with van der Waals surface area (Å²) in [4.78, 5) is 19.7. The molecular formula is C28H31ClN4O3S. The lowest BCUT2D eigenvalue weighted by Gasteiger charge is -2.25. The van der Waals surface area contributed by atoms with Crippen LogP contribution >= 0.6 is 11.6 Å². The molecule has 5 rings (SSSR count). The average Bonchev–Trinajstić information content (AvgIpc) is 3.44. The molecule has 2 heterocycles. The maximum absolute atomic E-state index is 13.6. The number of sulfonamides is 1. The Kier molecular flexibility index (Phi) is 7.00. The SMILES string of the molecule is C[C@]1(c2cccc(-c3cccc(Cl)c3)c2)N=C(N)N(C[C@H]2CCN(S(=O)(=O)CC3=CCCC=C3)C2)C1=O. The highest BCUT2D eigenvalue weighted by Gasteiger charge is 2.46. The van der Waals surface area contributed by atoms with Crippen molar-refractivity contribution >= 4 is 33.5 Å². The molecule has 2 aromatic carbocycles. The first-order chi connectivity index (χ1) is 17.7. The molecule has 9 heteroatoms. The van der Waals surface area contributed by atoms with Crippen LogP contribution in [-0.2, 0) is 20.4 Å². The molecule has 1 saturated heterocycles. The quantitative estimate of drug-likeness (QED) is 0.568. The number of benzene rings is 2. The fourth-order valence-electron chi connectivity index (χ4n) is 5.27. The third kappa shape index (κ3) is 5.23. The number of carbonyl (C=O) groups excluding carboxylic acids is 1. The van der Waals surface area contributed by atoms with Crippen LogP contribution in [0.15, 0.2) is 77.3 Å². The molecule has 2 atom stereocenters. The molecule has 3 aliphatic rings. The standard InChI is InChI=1S/C28H31ClN4O3S/c1-28(24-11-5-9-22(15-24)23-10-6-12-25(29)16-23)26(34)33(27(30)31-28)18-21-13-14-32(17-21)37(35,36)19-20-7-3-2-4-8-20/h3,5-12,15-16,21H,2,4,13-14,17-19H2,1H3,(H2,30,31)/t21-,28+/m0/s1. The molecule has 0 spiro atoms. The molecule has 0 bridgehead atoms. The van der Waals surface area contributed by atoms with E-state index in [0.717, 1.165) is 35.1 Å². The van der Waals surface area contributed by atoms with E-state index in [9.17, 15) is 13.2 Å². The normalized spacial score (nSPS) is 24.4. The van der Waals surface area contributed by atoms with E-state index in [1.165, 1.54) is 4.90 Å². The first kappa shape index (κ1) is 25.7. The van der Waals surface area contributed by atoms with E-state index < -0.39 is 15.6 Å². The van der Waals surface area contributed by atoms with Gasteiger partial charge in [-0.1, -0.05) is 60.2 Å². The van der Waals surface area contributed by atoms with Gasteiger partial charge in [0, 0.05) is 24.7 Å². The number of carbonyl (C=O) groups is 1. The monoisotopic (exact) mass is 538 g/mol. The van der Waals surface area contributed by atoms with Gasteiger partial charge in [0.1, 0.15) is 0 Å². The van der Waals surface area contributed by atoms with Crippen molar-refractivity contribution in [3.05, 3.63) is 82.9 Å². The minimum atomic E-state index is -3.41. The van der Waals surface area contributed by atoms with Crippen molar-refractivity contribution < 1.29 is 13.2 Å². The van der Waals surface area contributed by atoms with Crippen molar-refractivity contribution in [2.75, 3.05) is 25.4 Å². The topological polar surface area (TPSA) is 96.1 Å². The summed E-state index contributed by atoms with van der Waals surface area (Å²) in [6.07, 6.45) is 8.41. The molecule has 0 saturated carbocycles. The van der Waals surface area contributed by atoms with E-state index in [0.29, 0.717) is 31.1 Å². The molecule has 1 fully saturated rings. The fraction of sp³-hybridized carbons (Fsp3) is 0.357. The molecule has 0 unspecified atom stereocenters. The molecular weight excluding hydrogens is 508 g/mol. The van der Waals surface area contributed by atoms with Gasteiger partial charge in [0.15, 0.2) is 11.5 Å². The number of nitrogens with two attached hydrogens (primary N) is 1. The van der Waals surface area contributed by atoms with Crippen molar-refractivity contribution in [2.24, 2.45) is 16.6 Å². The van der Waals surface area contributed by atoms with Crippen LogP contribution in [0.3, 0.4) is 0 Å². The molecule has 0 aromatic heterocycles. The Bertz CT molecular complexity index is 1420. The number of amides is 1. The first-order valence-corrected chi connectivity index (χ1v) is 14.5. The lowest BCUT2D eigenvalue weighted by atomic mass is 9.89. The van der Waals surface area contributed by atoms with Gasteiger partial charge in [-0.05, 0) is 72.6 Å². The van der Waals surface area contributed by atoms with Gasteiger partial charge in [-0.2, -0.15) is 0 Å². The zero-order valence-corrected chi connectivity index (χ0v) is 22.4. The number of hydrogen-bond donors (Lipinski definition) is 1. The molecule has 7 nitrogen and oxygen atoms in total. The van der Waals surface area contributed by atoms with Crippen molar-refractivity contribution in [1.82, 2.24) is 9.21 Å². The predicted molar refractivity (Wildman–Crippen MR) is 147 cm³/mol. The number of allylic oxidation sites excluding steroid dienone is 3. The third-order valence-electron chi connectivity index (χ3n) is 7.36. The van der Waals surface area contributed by atoms with Crippen LogP contribution in [0.1, 0.15) is 31.7 Å². The number of hydrogen-bond acceptors (Lipinski definition) is 5. The molecule has 1 amide bonds. The number of rotatable bonds is 7. The largest absolute Gasteiger partial charge is 0.369 e. The number of nitrogens with zero attached hydrogens (tertiary/aromatic N) is 3. The van der Waals surface area contributed by atoms with Crippen molar-refractivity contribution in [2.45, 2.75) is 31.7 Å². The molecule has 1 aliphatic carbocycles. The number of aliphatic imine (C=N–C) groups is 1. The molecule has 2 aliphatic heterocycles. The van der Waals surface area contributed by atoms with Crippen LogP contribution in [0, 0.1) is 5.92 Å². The highest BCUT2D eigenvalue weighted by atomic mass is 35.5. The van der Waals surface area contributed by atoms with E-state index in [1.807, 2.05) is 66.8 Å². The smallest absolute Gasteiger partial charge is 0.261 e. The van der Waals surface area contributed by atoms with Crippen molar-refractivity contribution in [3.63, 3.8) is 0 Å². The second-order valence-electron chi connectivity index (χ2n) is 10.1. The van der Waals surface area contributed by atoms with E-state index in [1.54, 1.807) is 11.2 Å². The molecule has 2 N–H and O–H groups in total. The van der Waals surface area contributed by atoms with E-state index in [2.05, 4.69) is 4.99 Å². The van der Waals surface area contributed by atoms with Gasteiger partial charge >= 0.3 is 0 Å². The summed E-state index contributed by atoms with van der Waals surface area (Å²) in [6, 6.07) is 15.2. The predicted octanol–water partition coefficient (Wildman–Crippen LogP) is 4.31. The molecule has 0 radical (unpaired) electrons. The van der Waals surface area contributed by atoms with Gasteiger partial charge in [0.2, 0.25) is 10.0 Å². The Morgan fingerprint density at radius 2 is 1.89 bits per heavy atom. The van der Waals surface area contributed by atoms with Crippen LogP contribution < -0.4 is 5.73 Å². The minimum absolute atomic E-state index is 0.0107. The van der Waals surface area contributed by atoms with E-state index >= 15 is 0 Å². The summed E-state index contributed by atoms with van der Waals surface area (Å²) in [5, 5.41) is 0.638. The van der Waals surface area contributed by atoms with Crippen molar-refractivity contribution in [1.29, 1.82) is 0 Å². The summed E-state index contributed by atoms with van der Waals surface area (Å²) in [6.45, 7) is 2.93. The molecule has 2 aromatic rings. The fourth-order valence-corrected chi connectivity index (χ4v) is 7.10. The maximum Gasteiger partial charge on any atom is 0.261 e. The van der Waals surface area contributed by atoms with E-state index in [4.69, 9.17) is 17.3 Å². The Morgan fingerprint density at radius 1 is 1.14 bits per heavy atom. The Morgan fingerprint density at radius 3 is 2.62 bits per heavy atom. The second kappa shape index (κ2) is 10.1. The van der Waals surface area contributed by atoms with Gasteiger partial charge in [-0.15, -0.1) is 0 Å². The molecule has 37 heavy (non-hydrogen) atoms. The summed E-state index contributed by atoms with van der Waals surface area (Å²) >= 11 is 6.17. The van der Waals surface area contributed by atoms with Gasteiger partial charge in [-0.25, -0.2) is 17.7 Å². The summed E-state index contributed by atoms with van der Waals surface area (Å²) in [5.41, 5.74) is 8.58. The van der Waals surface area contributed by atoms with Crippen LogP contribution in [0.2, 0.25) is 5.02 Å². The van der Waals surface area contributed by atoms with Crippen molar-refractivity contribution in [3.8, 4) is 11.1 Å². The highest BCUT2D eigenvalue weighted by Crippen LogP contribution is 2.36. The zero-order valence-electron chi connectivity index (χ0n) is 20.8. The third-order valence-corrected chi connectivity index (χ3v) is 9.41. The van der Waals surface area contributed by atoms with Crippen LogP contribution in [-0.4, -0.2) is 54.9 Å². The first-order valence-electron chi connectivity index (χ1n) is 12.5. The van der Waals surface area contributed by atoms with Crippen LogP contribution in [0.5, 0.6) is 0 Å². The minimum Gasteiger partial charge on any atom is -0.369 e. The number of halogens is 1. The van der Waals surface area contributed by atoms with Gasteiger partial charge in [-0.3, -0.25) is 9.69 Å². The lowest BCUT2D eigenvalue weighted by molar-refractivity contribution is -0.131.